The molecule has 0 aliphatic heterocycles. The first-order valence-corrected chi connectivity index (χ1v) is 18.1. The van der Waals surface area contributed by atoms with E-state index in [1.165, 1.54) is 27.6 Å². The van der Waals surface area contributed by atoms with Gasteiger partial charge in [-0.15, -0.1) is 11.3 Å². The van der Waals surface area contributed by atoms with Crippen LogP contribution in [0.4, 0.5) is 0 Å². The molecule has 1 heterocycles. The average molecular weight is 651 g/mol. The van der Waals surface area contributed by atoms with Gasteiger partial charge in [0.05, 0.1) is 41.9 Å². The number of hydrogen-bond donors (Lipinski definition) is 4. The van der Waals surface area contributed by atoms with Crippen molar-refractivity contribution >= 4 is 29.1 Å². The summed E-state index contributed by atoms with van der Waals surface area (Å²) >= 11 is 1.41. The third-order valence-electron chi connectivity index (χ3n) is 9.67. The van der Waals surface area contributed by atoms with E-state index >= 15 is 0 Å². The van der Waals surface area contributed by atoms with Crippen LogP contribution in [0.15, 0.2) is 10.9 Å². The zero-order valence-electron chi connectivity index (χ0n) is 27.9. The van der Waals surface area contributed by atoms with Crippen molar-refractivity contribution in [2.24, 2.45) is 23.7 Å². The van der Waals surface area contributed by atoms with Crippen LogP contribution in [-0.4, -0.2) is 99.4 Å². The Labute approximate surface area is 274 Å². The molecule has 0 aromatic carbocycles. The van der Waals surface area contributed by atoms with Crippen LogP contribution < -0.4 is 5.32 Å². The second kappa shape index (κ2) is 18.9. The lowest BCUT2D eigenvalue weighted by atomic mass is 9.82. The highest BCUT2D eigenvalue weighted by atomic mass is 32.1. The minimum atomic E-state index is -1.13. The Morgan fingerprint density at radius 2 is 1.62 bits per heavy atom. The van der Waals surface area contributed by atoms with Gasteiger partial charge in [0.15, 0.2) is 0 Å². The van der Waals surface area contributed by atoms with Crippen LogP contribution in [0.2, 0.25) is 0 Å². The topological polar surface area (TPSA) is 143 Å². The van der Waals surface area contributed by atoms with Gasteiger partial charge in [-0.05, 0) is 43.4 Å². The molecule has 1 aromatic rings. The van der Waals surface area contributed by atoms with E-state index in [9.17, 15) is 29.7 Å². The molecule has 10 nitrogen and oxygen atoms in total. The first kappa shape index (κ1) is 37.4. The number of hydrogen-bond acceptors (Lipinski definition) is 8. The number of rotatable bonds is 17. The van der Waals surface area contributed by atoms with Crippen molar-refractivity contribution in [3.63, 3.8) is 0 Å². The van der Waals surface area contributed by atoms with Gasteiger partial charge in [0.25, 0.3) is 0 Å². The van der Waals surface area contributed by atoms with Crippen LogP contribution in [0.5, 0.6) is 0 Å². The van der Waals surface area contributed by atoms with Crippen LogP contribution in [0.1, 0.15) is 103 Å². The van der Waals surface area contributed by atoms with Crippen LogP contribution in [0, 0.1) is 23.7 Å². The molecule has 45 heavy (non-hydrogen) atoms. The van der Waals surface area contributed by atoms with Crippen molar-refractivity contribution in [1.29, 1.82) is 0 Å². The van der Waals surface area contributed by atoms with E-state index in [1.807, 2.05) is 19.2 Å². The van der Waals surface area contributed by atoms with Crippen LogP contribution in [0.3, 0.4) is 0 Å². The second-order valence-corrected chi connectivity index (χ2v) is 14.9. The molecule has 0 saturated heterocycles. The summed E-state index contributed by atoms with van der Waals surface area (Å²) < 4.78 is 0. The van der Waals surface area contributed by atoms with Crippen LogP contribution >= 0.6 is 11.3 Å². The summed E-state index contributed by atoms with van der Waals surface area (Å²) in [5, 5.41) is 38.1. The molecule has 2 saturated carbocycles. The van der Waals surface area contributed by atoms with E-state index in [4.69, 9.17) is 0 Å². The lowest BCUT2D eigenvalue weighted by Crippen LogP contribution is -2.52. The first-order chi connectivity index (χ1) is 21.4. The van der Waals surface area contributed by atoms with Crippen molar-refractivity contribution < 1.29 is 29.7 Å². The van der Waals surface area contributed by atoms with Crippen molar-refractivity contribution in [2.45, 2.75) is 128 Å². The summed E-state index contributed by atoms with van der Waals surface area (Å²) in [7, 11) is 3.26. The largest absolute Gasteiger partial charge is 0.391 e. The molecule has 4 N–H and O–H groups in total. The number of aromatic nitrogens is 1. The Hall–Kier alpha value is -2.08. The molecule has 5 atom stereocenters. The van der Waals surface area contributed by atoms with E-state index in [-0.39, 0.29) is 55.5 Å². The third kappa shape index (κ3) is 12.6. The maximum atomic E-state index is 14.0. The van der Waals surface area contributed by atoms with Gasteiger partial charge in [0.1, 0.15) is 6.10 Å². The van der Waals surface area contributed by atoms with Crippen LogP contribution in [-0.2, 0) is 20.8 Å². The normalized spacial score (nSPS) is 19.8. The fourth-order valence-corrected chi connectivity index (χ4v) is 7.47. The summed E-state index contributed by atoms with van der Waals surface area (Å²) in [6.45, 7) is 3.83. The second-order valence-electron chi connectivity index (χ2n) is 14.2. The maximum absolute atomic E-state index is 14.0. The number of nitrogens with one attached hydrogen (secondary N) is 1. The van der Waals surface area contributed by atoms with Gasteiger partial charge in [0.2, 0.25) is 17.7 Å². The van der Waals surface area contributed by atoms with Gasteiger partial charge in [0, 0.05) is 38.9 Å². The lowest BCUT2D eigenvalue weighted by Gasteiger charge is -2.34. The molecule has 0 unspecified atom stereocenters. The highest BCUT2D eigenvalue weighted by Gasteiger charge is 2.35. The molecular formula is C34H58N4O6S. The van der Waals surface area contributed by atoms with Gasteiger partial charge in [-0.3, -0.25) is 14.4 Å². The van der Waals surface area contributed by atoms with Gasteiger partial charge in [-0.1, -0.05) is 65.2 Å². The van der Waals surface area contributed by atoms with Crippen molar-refractivity contribution in [3.05, 3.63) is 16.6 Å². The maximum Gasteiger partial charge on any atom is 0.241 e. The lowest BCUT2D eigenvalue weighted by molar-refractivity contribution is -0.143. The summed E-state index contributed by atoms with van der Waals surface area (Å²) in [6.07, 6.45) is 8.68. The van der Waals surface area contributed by atoms with Gasteiger partial charge < -0.3 is 30.4 Å². The summed E-state index contributed by atoms with van der Waals surface area (Å²) in [5.74, 6) is -1.20. The molecule has 1 aromatic heterocycles. The quantitative estimate of drug-likeness (QED) is 0.201. The molecule has 3 rings (SSSR count). The van der Waals surface area contributed by atoms with Gasteiger partial charge in [-0.2, -0.15) is 0 Å². The number of aliphatic hydroxyl groups excluding tert-OH is 3. The van der Waals surface area contributed by atoms with Gasteiger partial charge in [-0.25, -0.2) is 4.98 Å². The van der Waals surface area contributed by atoms with Gasteiger partial charge >= 0.3 is 0 Å². The minimum absolute atomic E-state index is 0.0402. The molecule has 256 valence electrons. The Balaban J connectivity index is 1.80. The number of likely N-dealkylation sites (N-methyl/N-ethyl adjacent to an activating group) is 1. The number of carbonyl (C=O) groups is 3. The number of aliphatic hydroxyl groups is 3. The summed E-state index contributed by atoms with van der Waals surface area (Å²) in [6, 6.07) is -0.651. The monoisotopic (exact) mass is 650 g/mol. The zero-order chi connectivity index (χ0) is 32.9. The van der Waals surface area contributed by atoms with Crippen molar-refractivity contribution in [1.82, 2.24) is 20.1 Å². The summed E-state index contributed by atoms with van der Waals surface area (Å²) in [4.78, 5) is 47.8. The molecule has 0 bridgehead atoms. The Morgan fingerprint density at radius 1 is 0.978 bits per heavy atom. The number of amides is 3. The Kier molecular flexibility index (Phi) is 15.7. The molecule has 2 aliphatic carbocycles. The fourth-order valence-electron chi connectivity index (χ4n) is 6.90. The van der Waals surface area contributed by atoms with E-state index in [0.29, 0.717) is 24.5 Å². The fraction of sp³-hybridized carbons (Fsp3) is 0.824. The summed E-state index contributed by atoms with van der Waals surface area (Å²) in [5.41, 5.74) is 2.38. The Bertz CT molecular complexity index is 1030. The third-order valence-corrected chi connectivity index (χ3v) is 10.3. The van der Waals surface area contributed by atoms with E-state index in [1.54, 1.807) is 19.6 Å². The average Bonchev–Trinajstić information content (AvgIpc) is 3.53. The molecule has 2 fully saturated rings. The highest BCUT2D eigenvalue weighted by Crippen LogP contribution is 2.30. The SMILES string of the molecule is CC(C)C[C@H](O)[C@H](O)[C@H](CC1CCCCC1)NC(=O)[C@@H](CC(=O)N(CC(=O)N(C)C)C[C@H](O)C1CCCCC1)Cc1cscn1. The zero-order valence-corrected chi connectivity index (χ0v) is 28.7. The van der Waals surface area contributed by atoms with Crippen molar-refractivity contribution in [2.75, 3.05) is 27.2 Å². The predicted molar refractivity (Wildman–Crippen MR) is 176 cm³/mol. The smallest absolute Gasteiger partial charge is 0.241 e. The molecule has 3 amide bonds. The standard InChI is InChI=1S/C34H58N4O6S/c1-23(2)15-29(39)33(43)28(16-24-11-7-5-8-12-24)36-34(44)26(17-27-21-45-22-35-27)18-31(41)38(20-32(42)37(3)4)19-30(40)25-13-9-6-10-14-25/h21-26,28-30,33,39-40,43H,5-20H2,1-4H3,(H,36,44)/t26-,28+,29+,30+,33-/m1/s1. The van der Waals surface area contributed by atoms with E-state index < -0.39 is 30.3 Å². The van der Waals surface area contributed by atoms with E-state index in [0.717, 1.165) is 57.8 Å². The molecular weight excluding hydrogens is 592 g/mol. The molecule has 2 aliphatic rings. The predicted octanol–water partition coefficient (Wildman–Crippen LogP) is 3.77. The number of nitrogens with zero attached hydrogens (tertiary/aromatic N) is 3. The molecule has 11 heteroatoms. The first-order valence-electron chi connectivity index (χ1n) is 17.1. The van der Waals surface area contributed by atoms with Crippen LogP contribution in [0.25, 0.3) is 0 Å². The number of thiazole rings is 1. The van der Waals surface area contributed by atoms with E-state index in [2.05, 4.69) is 10.3 Å². The minimum Gasteiger partial charge on any atom is -0.391 e. The van der Waals surface area contributed by atoms with Crippen molar-refractivity contribution in [3.8, 4) is 0 Å². The number of carbonyl (C=O) groups excluding carboxylic acids is 3. The molecule has 0 radical (unpaired) electrons. The highest BCUT2D eigenvalue weighted by molar-refractivity contribution is 7.07. The Morgan fingerprint density at radius 3 is 2.20 bits per heavy atom. The molecule has 0 spiro atoms.